The second-order valence-corrected chi connectivity index (χ2v) is 11.0. The second kappa shape index (κ2) is 9.15. The van der Waals surface area contributed by atoms with Gasteiger partial charge in [-0.15, -0.1) is 0 Å². The molecule has 178 valence electrons. The number of amides is 2. The van der Waals surface area contributed by atoms with Gasteiger partial charge in [0.25, 0.3) is 0 Å². The Morgan fingerprint density at radius 3 is 2.21 bits per heavy atom. The molecule has 9 heteroatoms. The van der Waals surface area contributed by atoms with E-state index in [-0.39, 0.29) is 23.4 Å². The van der Waals surface area contributed by atoms with Crippen LogP contribution in [0.3, 0.4) is 0 Å². The molecule has 0 fully saturated rings. The largest absolute Gasteiger partial charge is 0.465 e. The van der Waals surface area contributed by atoms with Crippen molar-refractivity contribution in [2.45, 2.75) is 63.9 Å². The van der Waals surface area contributed by atoms with Crippen molar-refractivity contribution >= 4 is 33.4 Å². The molecule has 0 spiro atoms. The first kappa shape index (κ1) is 24.7. The van der Waals surface area contributed by atoms with Gasteiger partial charge < -0.3 is 10.0 Å². The van der Waals surface area contributed by atoms with Gasteiger partial charge in [-0.05, 0) is 69.5 Å². The van der Waals surface area contributed by atoms with E-state index < -0.39 is 21.7 Å². The molecule has 2 aromatic rings. The minimum absolute atomic E-state index is 0.0371. The Kier molecular flexibility index (Phi) is 6.85. The van der Waals surface area contributed by atoms with Crippen LogP contribution in [0, 0.1) is 0 Å². The van der Waals surface area contributed by atoms with Gasteiger partial charge in [-0.3, -0.25) is 9.69 Å². The Morgan fingerprint density at radius 2 is 1.67 bits per heavy atom. The maximum Gasteiger partial charge on any atom is 0.411 e. The maximum absolute atomic E-state index is 12.7. The van der Waals surface area contributed by atoms with Gasteiger partial charge in [0.05, 0.1) is 22.3 Å². The normalized spacial score (nSPS) is 16.5. The van der Waals surface area contributed by atoms with E-state index in [9.17, 15) is 23.1 Å². The van der Waals surface area contributed by atoms with Crippen LogP contribution < -0.4 is 14.5 Å². The summed E-state index contributed by atoms with van der Waals surface area (Å²) in [5.41, 5.74) is 1.86. The summed E-state index contributed by atoms with van der Waals surface area (Å²) in [6, 6.07) is 11.5. The van der Waals surface area contributed by atoms with Crippen molar-refractivity contribution in [2.24, 2.45) is 0 Å². The Bertz CT molecular complexity index is 1150. The number of carboxylic acid groups (broad SMARTS) is 1. The zero-order valence-electron chi connectivity index (χ0n) is 19.6. The Morgan fingerprint density at radius 1 is 1.06 bits per heavy atom. The van der Waals surface area contributed by atoms with Crippen molar-refractivity contribution in [1.29, 1.82) is 0 Å². The smallest absolute Gasteiger partial charge is 0.411 e. The van der Waals surface area contributed by atoms with Gasteiger partial charge in [0.2, 0.25) is 15.9 Å². The number of carbonyl (C=O) groups excluding carboxylic acids is 1. The second-order valence-electron chi connectivity index (χ2n) is 9.34. The minimum Gasteiger partial charge on any atom is -0.465 e. The van der Waals surface area contributed by atoms with Crippen molar-refractivity contribution in [1.82, 2.24) is 4.72 Å². The molecule has 1 heterocycles. The molecule has 33 heavy (non-hydrogen) atoms. The highest BCUT2D eigenvalue weighted by Gasteiger charge is 2.34. The van der Waals surface area contributed by atoms with Crippen LogP contribution in [0.5, 0.6) is 0 Å². The number of rotatable bonds is 5. The Balaban J connectivity index is 2.01. The minimum atomic E-state index is -3.66. The molecule has 1 aliphatic rings. The number of hydrogen-bond acceptors (Lipinski definition) is 4. The number of hydrogen-bond donors (Lipinski definition) is 2. The van der Waals surface area contributed by atoms with Crippen molar-refractivity contribution in [2.75, 3.05) is 16.3 Å². The topological polar surface area (TPSA) is 107 Å². The van der Waals surface area contributed by atoms with E-state index >= 15 is 0 Å². The van der Waals surface area contributed by atoms with Crippen molar-refractivity contribution < 1.29 is 23.1 Å². The van der Waals surface area contributed by atoms with E-state index in [1.807, 2.05) is 19.9 Å². The molecular weight excluding hydrogens is 442 g/mol. The molecule has 0 unspecified atom stereocenters. The fourth-order valence-corrected chi connectivity index (χ4v) is 5.41. The molecule has 0 saturated carbocycles. The van der Waals surface area contributed by atoms with Crippen LogP contribution in [0.15, 0.2) is 47.4 Å². The van der Waals surface area contributed by atoms with E-state index in [1.54, 1.807) is 49.9 Å². The third-order valence-corrected chi connectivity index (χ3v) is 7.09. The van der Waals surface area contributed by atoms with Gasteiger partial charge >= 0.3 is 6.09 Å². The molecule has 0 bridgehead atoms. The summed E-state index contributed by atoms with van der Waals surface area (Å²) in [6.45, 7) is 9.27. The SMILES string of the molecule is CCCC(=O)N1c2ccc(-c3ccc(S(=O)(=O)NC(C)(C)C)cc3)cc2N(C(=O)O)C[C@@H]1C. The van der Waals surface area contributed by atoms with Crippen LogP contribution in [0.1, 0.15) is 47.5 Å². The average Bonchev–Trinajstić information content (AvgIpc) is 2.71. The van der Waals surface area contributed by atoms with Crippen LogP contribution in [-0.2, 0) is 14.8 Å². The monoisotopic (exact) mass is 473 g/mol. The summed E-state index contributed by atoms with van der Waals surface area (Å²) in [5.74, 6) is -0.0371. The predicted octanol–water partition coefficient (Wildman–Crippen LogP) is 4.45. The van der Waals surface area contributed by atoms with Crippen LogP contribution in [-0.4, -0.2) is 43.7 Å². The highest BCUT2D eigenvalue weighted by molar-refractivity contribution is 7.89. The van der Waals surface area contributed by atoms with Gasteiger partial charge in [-0.2, -0.15) is 0 Å². The molecule has 0 aromatic heterocycles. The third kappa shape index (κ3) is 5.36. The number of nitrogens with zero attached hydrogens (tertiary/aromatic N) is 2. The lowest BCUT2D eigenvalue weighted by Crippen LogP contribution is -2.51. The molecule has 8 nitrogen and oxygen atoms in total. The number of anilines is 2. The molecule has 1 aliphatic heterocycles. The quantitative estimate of drug-likeness (QED) is 0.667. The summed E-state index contributed by atoms with van der Waals surface area (Å²) < 4.78 is 27.8. The lowest BCUT2D eigenvalue weighted by molar-refractivity contribution is -0.119. The molecule has 2 amide bonds. The molecule has 0 radical (unpaired) electrons. The van der Waals surface area contributed by atoms with Gasteiger partial charge in [0.15, 0.2) is 0 Å². The van der Waals surface area contributed by atoms with E-state index in [4.69, 9.17) is 0 Å². The van der Waals surface area contributed by atoms with Gasteiger partial charge in [-0.25, -0.2) is 17.9 Å². The van der Waals surface area contributed by atoms with Crippen molar-refractivity contribution in [3.8, 4) is 11.1 Å². The molecule has 0 saturated heterocycles. The summed E-state index contributed by atoms with van der Waals surface area (Å²) in [5, 5.41) is 9.76. The van der Waals surface area contributed by atoms with Gasteiger partial charge in [-0.1, -0.05) is 25.1 Å². The highest BCUT2D eigenvalue weighted by atomic mass is 32.2. The summed E-state index contributed by atoms with van der Waals surface area (Å²) >= 11 is 0. The van der Waals surface area contributed by atoms with Crippen LogP contribution in [0.25, 0.3) is 11.1 Å². The lowest BCUT2D eigenvalue weighted by Gasteiger charge is -2.40. The van der Waals surface area contributed by atoms with Crippen molar-refractivity contribution in [3.63, 3.8) is 0 Å². The van der Waals surface area contributed by atoms with E-state index in [0.717, 1.165) is 11.1 Å². The first-order valence-electron chi connectivity index (χ1n) is 10.9. The Labute approximate surface area is 195 Å². The zero-order valence-corrected chi connectivity index (χ0v) is 20.4. The summed E-state index contributed by atoms with van der Waals surface area (Å²) in [7, 11) is -3.66. The number of carbonyl (C=O) groups is 2. The number of fused-ring (bicyclic) bond motifs is 1. The molecule has 3 rings (SSSR count). The first-order chi connectivity index (χ1) is 15.3. The maximum atomic E-state index is 12.7. The summed E-state index contributed by atoms with van der Waals surface area (Å²) in [6.07, 6.45) is 0.00623. The fraction of sp³-hybridized carbons (Fsp3) is 0.417. The van der Waals surface area contributed by atoms with Crippen LogP contribution >= 0.6 is 0 Å². The predicted molar refractivity (Wildman–Crippen MR) is 129 cm³/mol. The molecule has 2 aromatic carbocycles. The lowest BCUT2D eigenvalue weighted by atomic mass is 10.0. The molecular formula is C24H31N3O5S. The van der Waals surface area contributed by atoms with Crippen LogP contribution in [0.4, 0.5) is 16.2 Å². The third-order valence-electron chi connectivity index (χ3n) is 5.32. The number of nitrogens with one attached hydrogen (secondary N) is 1. The van der Waals surface area contributed by atoms with Gasteiger partial charge in [0.1, 0.15) is 0 Å². The van der Waals surface area contributed by atoms with E-state index in [2.05, 4.69) is 4.72 Å². The highest BCUT2D eigenvalue weighted by Crippen LogP contribution is 2.39. The van der Waals surface area contributed by atoms with Crippen molar-refractivity contribution in [3.05, 3.63) is 42.5 Å². The molecule has 1 atom stereocenters. The Hall–Kier alpha value is -2.91. The first-order valence-corrected chi connectivity index (χ1v) is 12.4. The standard InChI is InChI=1S/C24H31N3O5S/c1-6-7-22(28)27-16(2)15-26(23(29)30)21-14-18(10-13-20(21)27)17-8-11-19(12-9-17)33(31,32)25-24(3,4)5/h8-14,16,25H,6-7,15H2,1-5H3,(H,29,30)/t16-/m0/s1. The fourth-order valence-electron chi connectivity index (χ4n) is 3.99. The molecule has 0 aliphatic carbocycles. The number of sulfonamides is 1. The van der Waals surface area contributed by atoms with Gasteiger partial charge in [0, 0.05) is 18.5 Å². The number of benzene rings is 2. The summed E-state index contributed by atoms with van der Waals surface area (Å²) in [4.78, 5) is 27.7. The molecule has 2 N–H and O–H groups in total. The van der Waals surface area contributed by atoms with E-state index in [1.165, 1.54) is 17.0 Å². The average molecular weight is 474 g/mol. The zero-order chi connectivity index (χ0) is 24.6. The van der Waals surface area contributed by atoms with Crippen LogP contribution in [0.2, 0.25) is 0 Å². The van der Waals surface area contributed by atoms with E-state index in [0.29, 0.717) is 24.2 Å².